The Morgan fingerprint density at radius 3 is 2.38 bits per heavy atom. The van der Waals surface area contributed by atoms with Crippen molar-refractivity contribution in [1.29, 1.82) is 0 Å². The Kier molecular flexibility index (Phi) is 11.6. The topological polar surface area (TPSA) is 73.5 Å². The summed E-state index contributed by atoms with van der Waals surface area (Å²) in [4.78, 5) is 26.2. The van der Waals surface area contributed by atoms with Crippen molar-refractivity contribution in [1.82, 2.24) is 20.9 Å². The zero-order chi connectivity index (χ0) is 27.6. The second-order valence-electron chi connectivity index (χ2n) is 9.34. The van der Waals surface area contributed by atoms with E-state index < -0.39 is 17.8 Å². The predicted octanol–water partition coefficient (Wildman–Crippen LogP) is 4.77. The van der Waals surface area contributed by atoms with Gasteiger partial charge in [0.05, 0.1) is 5.56 Å². The van der Waals surface area contributed by atoms with Crippen molar-refractivity contribution >= 4 is 29.1 Å². The van der Waals surface area contributed by atoms with E-state index >= 15 is 0 Å². The number of nitrogens with one attached hydrogen (secondary N) is 3. The predicted molar refractivity (Wildman–Crippen MR) is 143 cm³/mol. The Morgan fingerprint density at radius 2 is 1.92 bits per heavy atom. The third-order valence-corrected chi connectivity index (χ3v) is 6.67. The van der Waals surface area contributed by atoms with Crippen LogP contribution in [0.15, 0.2) is 49.3 Å². The number of hydrogen-bond acceptors (Lipinski definition) is 4. The summed E-state index contributed by atoms with van der Waals surface area (Å²) in [7, 11) is 0. The average molecular weight is 539 g/mol. The smallest absolute Gasteiger partial charge is 0.355 e. The van der Waals surface area contributed by atoms with E-state index in [1.54, 1.807) is 0 Å². The summed E-state index contributed by atoms with van der Waals surface area (Å²) in [6, 6.07) is 4.29. The van der Waals surface area contributed by atoms with E-state index in [1.807, 2.05) is 6.20 Å². The number of thiocarbonyl (C=S) groups is 1. The number of carbonyl (C=O) groups is 2. The van der Waals surface area contributed by atoms with Gasteiger partial charge in [-0.2, -0.15) is 13.2 Å². The van der Waals surface area contributed by atoms with Crippen LogP contribution in [-0.4, -0.2) is 41.0 Å². The third-order valence-electron chi connectivity index (χ3n) is 6.45. The van der Waals surface area contributed by atoms with Gasteiger partial charge in [-0.1, -0.05) is 45.1 Å². The van der Waals surface area contributed by atoms with Crippen LogP contribution in [0.5, 0.6) is 0 Å². The fraction of sp³-hybridized carbons (Fsp3) is 0.519. The largest absolute Gasteiger partial charge is 0.416 e. The van der Waals surface area contributed by atoms with Crippen molar-refractivity contribution in [3.05, 3.63) is 60.4 Å². The van der Waals surface area contributed by atoms with Crippen LogP contribution in [0.1, 0.15) is 51.2 Å². The molecule has 1 aromatic rings. The lowest BCUT2D eigenvalue weighted by atomic mass is 9.93. The molecule has 0 aromatic heterocycles. The maximum Gasteiger partial charge on any atom is 0.416 e. The Morgan fingerprint density at radius 1 is 1.27 bits per heavy atom. The molecule has 10 heteroatoms. The van der Waals surface area contributed by atoms with Gasteiger partial charge in [0.25, 0.3) is 5.91 Å². The summed E-state index contributed by atoms with van der Waals surface area (Å²) in [5.41, 5.74) is -0.0223. The highest BCUT2D eigenvalue weighted by Crippen LogP contribution is 2.39. The number of carbonyl (C=O) groups excluding carboxylic acids is 2. The molecule has 6 nitrogen and oxygen atoms in total. The first kappa shape index (κ1) is 30.3. The van der Waals surface area contributed by atoms with Gasteiger partial charge < -0.3 is 20.9 Å². The number of allylic oxidation sites excluding steroid dienone is 1. The van der Waals surface area contributed by atoms with Crippen molar-refractivity contribution in [3.8, 4) is 0 Å². The van der Waals surface area contributed by atoms with E-state index in [1.165, 1.54) is 18.6 Å². The van der Waals surface area contributed by atoms with E-state index in [-0.39, 0.29) is 35.3 Å². The van der Waals surface area contributed by atoms with Crippen LogP contribution in [0.2, 0.25) is 0 Å². The van der Waals surface area contributed by atoms with Gasteiger partial charge in [-0.25, -0.2) is 0 Å². The highest BCUT2D eigenvalue weighted by molar-refractivity contribution is 7.80. The number of benzene rings is 1. The lowest BCUT2D eigenvalue weighted by Gasteiger charge is -2.18. The number of hydrogen-bond donors (Lipinski definition) is 3. The second-order valence-corrected chi connectivity index (χ2v) is 9.75. The number of alkyl halides is 3. The van der Waals surface area contributed by atoms with Gasteiger partial charge in [-0.15, -0.1) is 0 Å². The lowest BCUT2D eigenvalue weighted by Crippen LogP contribution is -2.44. The van der Waals surface area contributed by atoms with Gasteiger partial charge in [0.15, 0.2) is 5.11 Å². The zero-order valence-electron chi connectivity index (χ0n) is 21.6. The molecule has 1 aromatic carbocycles. The molecule has 2 fully saturated rings. The monoisotopic (exact) mass is 538 g/mol. The maximum absolute atomic E-state index is 12.6. The molecule has 204 valence electrons. The fourth-order valence-corrected chi connectivity index (χ4v) is 3.92. The molecule has 3 atom stereocenters. The van der Waals surface area contributed by atoms with Crippen molar-refractivity contribution in [2.45, 2.75) is 58.7 Å². The van der Waals surface area contributed by atoms with Crippen molar-refractivity contribution in [2.24, 2.45) is 17.8 Å². The van der Waals surface area contributed by atoms with Gasteiger partial charge in [0, 0.05) is 19.0 Å². The number of amides is 2. The highest BCUT2D eigenvalue weighted by atomic mass is 32.1. The quantitative estimate of drug-likeness (QED) is 0.354. The minimum atomic E-state index is -4.37. The first-order chi connectivity index (χ1) is 17.5. The van der Waals surface area contributed by atoms with Crippen LogP contribution in [0.3, 0.4) is 0 Å². The molecule has 0 bridgehead atoms. The van der Waals surface area contributed by atoms with E-state index in [9.17, 15) is 22.8 Å². The molecule has 3 N–H and O–H groups in total. The average Bonchev–Trinajstić information content (AvgIpc) is 3.65. The van der Waals surface area contributed by atoms with Crippen molar-refractivity contribution in [3.63, 3.8) is 0 Å². The van der Waals surface area contributed by atoms with Gasteiger partial charge >= 0.3 is 6.18 Å². The molecule has 1 heterocycles. The molecule has 1 saturated carbocycles. The van der Waals surface area contributed by atoms with Crippen LogP contribution < -0.4 is 16.0 Å². The van der Waals surface area contributed by atoms with E-state index in [2.05, 4.69) is 60.5 Å². The molecular formula is C27H37F3N4O2S. The molecule has 0 radical (unpaired) electrons. The van der Waals surface area contributed by atoms with Gasteiger partial charge in [0.2, 0.25) is 5.91 Å². The summed E-state index contributed by atoms with van der Waals surface area (Å²) in [6.45, 7) is 11.3. The molecule has 2 amide bonds. The molecular weight excluding hydrogens is 501 g/mol. The van der Waals surface area contributed by atoms with Gasteiger partial charge in [0.1, 0.15) is 6.04 Å². The standard InChI is InChI=1S/C17H18F3N3O2S.C10H19N/c18-17(19,20)11-5-1-9(2-6-11)7-12(10-3-4-10)14(24)21-8-13-15(25)23-16(26)22-13;1-5-10(4)8-9-11(6-2)7-3/h1-2,5-6,10,12-13H,3-4,7-8H2,(H,21,24)(H2,22,23,25,26);6,8-10H,2,5,7H2,1,3-4H3/b;9-8-. The molecule has 1 aliphatic carbocycles. The summed E-state index contributed by atoms with van der Waals surface area (Å²) >= 11 is 4.84. The molecule has 3 unspecified atom stereocenters. The van der Waals surface area contributed by atoms with Crippen LogP contribution in [0.4, 0.5) is 13.2 Å². The first-order valence-corrected chi connectivity index (χ1v) is 13.0. The second kappa shape index (κ2) is 14.2. The lowest BCUT2D eigenvalue weighted by molar-refractivity contribution is -0.137. The Hall–Kier alpha value is -2.88. The Balaban J connectivity index is 0.000000371. The van der Waals surface area contributed by atoms with Gasteiger partial charge in [-0.05, 0) is 80.3 Å². The molecule has 37 heavy (non-hydrogen) atoms. The number of nitrogens with zero attached hydrogens (tertiary/aromatic N) is 1. The van der Waals surface area contributed by atoms with E-state index in [0.29, 0.717) is 17.9 Å². The maximum atomic E-state index is 12.6. The van der Waals surface area contributed by atoms with Crippen LogP contribution >= 0.6 is 12.2 Å². The van der Waals surface area contributed by atoms with Crippen LogP contribution in [0.25, 0.3) is 0 Å². The Labute approximate surface area is 222 Å². The SMILES string of the molecule is C=CN(/C=C\C(C)CC)CC.O=C1NC(=S)NC1CNC(=O)C(Cc1ccc(C(F)(F)F)cc1)C1CC1. The van der Waals surface area contributed by atoms with E-state index in [0.717, 1.165) is 31.5 Å². The molecule has 1 saturated heterocycles. The fourth-order valence-electron chi connectivity index (χ4n) is 3.68. The molecule has 1 aliphatic heterocycles. The van der Waals surface area contributed by atoms with E-state index in [4.69, 9.17) is 12.2 Å². The first-order valence-electron chi connectivity index (χ1n) is 12.6. The summed E-state index contributed by atoms with van der Waals surface area (Å²) in [6.07, 6.45) is 5.20. The Bertz CT molecular complexity index is 961. The van der Waals surface area contributed by atoms with Crippen LogP contribution in [-0.2, 0) is 22.2 Å². The van der Waals surface area contributed by atoms with Crippen molar-refractivity contribution < 1.29 is 22.8 Å². The summed E-state index contributed by atoms with van der Waals surface area (Å²) in [5.74, 6) is 0.0942. The minimum absolute atomic E-state index is 0.112. The van der Waals surface area contributed by atoms with Gasteiger partial charge in [-0.3, -0.25) is 9.59 Å². The molecule has 0 spiro atoms. The third kappa shape index (κ3) is 10.2. The number of rotatable bonds is 11. The molecule has 3 rings (SSSR count). The van der Waals surface area contributed by atoms with Crippen LogP contribution in [0, 0.1) is 17.8 Å². The minimum Gasteiger partial charge on any atom is -0.355 e. The summed E-state index contributed by atoms with van der Waals surface area (Å²) < 4.78 is 37.9. The zero-order valence-corrected chi connectivity index (χ0v) is 22.4. The summed E-state index contributed by atoms with van der Waals surface area (Å²) in [5, 5.41) is 8.20. The number of halogens is 3. The normalized spacial score (nSPS) is 18.8. The molecule has 2 aliphatic rings. The van der Waals surface area contributed by atoms with Crippen molar-refractivity contribution in [2.75, 3.05) is 13.1 Å². The highest BCUT2D eigenvalue weighted by Gasteiger charge is 2.37.